The van der Waals surface area contributed by atoms with Gasteiger partial charge in [0.15, 0.2) is 0 Å². The van der Waals surface area contributed by atoms with Crippen LogP contribution >= 0.6 is 0 Å². The normalized spacial score (nSPS) is 14.6. The molecule has 0 aliphatic carbocycles. The van der Waals surface area contributed by atoms with Crippen molar-refractivity contribution >= 4 is 11.4 Å². The molecule has 2 rings (SSSR count). The van der Waals surface area contributed by atoms with Crippen LogP contribution in [0.15, 0.2) is 42.6 Å². The van der Waals surface area contributed by atoms with E-state index in [1.165, 1.54) is 12.1 Å². The Balaban J connectivity index is 2.19. The first kappa shape index (κ1) is 16.9. The fourth-order valence-corrected chi connectivity index (χ4v) is 2.71. The molecule has 0 amide bonds. The summed E-state index contributed by atoms with van der Waals surface area (Å²) in [6, 6.07) is 10.00. The first-order valence-electron chi connectivity index (χ1n) is 7.17. The third-order valence-corrected chi connectivity index (χ3v) is 4.94. The molecule has 1 aromatic carbocycles. The van der Waals surface area contributed by atoms with Gasteiger partial charge in [0.1, 0.15) is 10.6 Å². The third kappa shape index (κ3) is 4.29. The second-order valence-electron chi connectivity index (χ2n) is 6.20. The maximum atomic E-state index is 13.0. The molecule has 3 nitrogen and oxygen atoms in total. The van der Waals surface area contributed by atoms with Crippen LogP contribution in [0.3, 0.4) is 0 Å². The van der Waals surface area contributed by atoms with E-state index in [0.29, 0.717) is 0 Å². The molecule has 2 atom stereocenters. The van der Waals surface area contributed by atoms with Gasteiger partial charge in [-0.05, 0) is 69.7 Å². The van der Waals surface area contributed by atoms with Gasteiger partial charge >= 0.3 is 0 Å². The Bertz CT molecular complexity index is 625. The number of benzene rings is 1. The highest BCUT2D eigenvalue weighted by molar-refractivity contribution is 7.90. The second kappa shape index (κ2) is 6.77. The molecule has 1 aromatic heterocycles. The molecule has 0 bridgehead atoms. The van der Waals surface area contributed by atoms with E-state index in [9.17, 15) is 8.94 Å². The van der Waals surface area contributed by atoms with Crippen molar-refractivity contribution in [2.45, 2.75) is 38.5 Å². The second-order valence-corrected chi connectivity index (χ2v) is 8.20. The monoisotopic (exact) mass is 320 g/mol. The van der Waals surface area contributed by atoms with Crippen molar-refractivity contribution in [1.29, 1.82) is 0 Å². The smallest absolute Gasteiger partial charge is 0.136 e. The predicted octanol–water partition coefficient (Wildman–Crippen LogP) is 4.00. The van der Waals surface area contributed by atoms with Crippen LogP contribution in [-0.4, -0.2) is 14.3 Å². The van der Waals surface area contributed by atoms with E-state index in [0.717, 1.165) is 16.8 Å². The number of rotatable bonds is 4. The molecule has 1 N–H and O–H groups in total. The van der Waals surface area contributed by atoms with Crippen molar-refractivity contribution in [2.24, 2.45) is 0 Å². The minimum absolute atomic E-state index is 0.0674. The molecule has 0 saturated heterocycles. The van der Waals surface area contributed by atoms with Crippen molar-refractivity contribution in [3.05, 3.63) is 54.0 Å². The van der Waals surface area contributed by atoms with Gasteiger partial charge in [0.25, 0.3) is 0 Å². The topological polar surface area (TPSA) is 48.0 Å². The zero-order valence-electron chi connectivity index (χ0n) is 13.3. The quantitative estimate of drug-likeness (QED) is 0.866. The molecule has 22 heavy (non-hydrogen) atoms. The Morgan fingerprint density at radius 2 is 1.82 bits per heavy atom. The number of nitrogens with zero attached hydrogens (tertiary/aromatic N) is 1. The number of pyridine rings is 1. The van der Waals surface area contributed by atoms with E-state index in [-0.39, 0.29) is 16.6 Å². The molecule has 2 aromatic rings. The molecule has 1 heterocycles. The Kier molecular flexibility index (Phi) is 5.21. The summed E-state index contributed by atoms with van der Waals surface area (Å²) in [4.78, 5) is 4.32. The summed E-state index contributed by atoms with van der Waals surface area (Å²) in [5.41, 5.74) is 2.62. The molecule has 0 fully saturated rings. The van der Waals surface area contributed by atoms with E-state index >= 15 is 0 Å². The van der Waals surface area contributed by atoms with E-state index in [1.54, 1.807) is 18.3 Å². The first-order chi connectivity index (χ1) is 10.3. The highest BCUT2D eigenvalue weighted by Crippen LogP contribution is 2.23. The van der Waals surface area contributed by atoms with Crippen LogP contribution in [0.4, 0.5) is 4.39 Å². The highest BCUT2D eigenvalue weighted by Gasteiger charge is 2.28. The van der Waals surface area contributed by atoms with Crippen molar-refractivity contribution in [1.82, 2.24) is 9.71 Å². The fraction of sp³-hybridized carbons (Fsp3) is 0.353. The van der Waals surface area contributed by atoms with Crippen LogP contribution in [0.2, 0.25) is 0 Å². The number of hydrogen-bond acceptors (Lipinski definition) is 3. The lowest BCUT2D eigenvalue weighted by Crippen LogP contribution is -2.40. The fourth-order valence-electron chi connectivity index (χ4n) is 1.90. The van der Waals surface area contributed by atoms with Crippen molar-refractivity contribution < 1.29 is 8.94 Å². The Hall–Kier alpha value is -1.43. The van der Waals surface area contributed by atoms with Crippen molar-refractivity contribution in [3.63, 3.8) is 0 Å². The Morgan fingerprint density at radius 3 is 2.41 bits per heavy atom. The van der Waals surface area contributed by atoms with E-state index in [1.807, 2.05) is 39.8 Å². The minimum Gasteiger partial charge on any atom is -0.598 e. The van der Waals surface area contributed by atoms with E-state index < -0.39 is 11.4 Å². The van der Waals surface area contributed by atoms with Crippen LogP contribution in [-0.2, 0) is 11.4 Å². The van der Waals surface area contributed by atoms with Gasteiger partial charge in [0.05, 0.1) is 11.7 Å². The SMILES string of the molecule is C[C@@H](N[S+]([O-])C(C)(C)C)c1ccnc(-c2ccc(F)cc2)c1. The number of halogens is 1. The summed E-state index contributed by atoms with van der Waals surface area (Å²) in [6.07, 6.45) is 1.71. The highest BCUT2D eigenvalue weighted by atomic mass is 32.2. The lowest BCUT2D eigenvalue weighted by molar-refractivity contribution is 0.531. The van der Waals surface area contributed by atoms with E-state index in [4.69, 9.17) is 0 Å². The van der Waals surface area contributed by atoms with Crippen LogP contribution in [0.25, 0.3) is 11.3 Å². The van der Waals surface area contributed by atoms with Gasteiger partial charge in [-0.1, -0.05) is 0 Å². The summed E-state index contributed by atoms with van der Waals surface area (Å²) in [5, 5.41) is 0. The maximum absolute atomic E-state index is 13.0. The zero-order chi connectivity index (χ0) is 16.3. The van der Waals surface area contributed by atoms with Crippen LogP contribution in [0.1, 0.15) is 39.3 Å². The van der Waals surface area contributed by atoms with Crippen LogP contribution < -0.4 is 4.72 Å². The van der Waals surface area contributed by atoms with Crippen molar-refractivity contribution in [3.8, 4) is 11.3 Å². The summed E-state index contributed by atoms with van der Waals surface area (Å²) in [6.45, 7) is 7.76. The maximum Gasteiger partial charge on any atom is 0.136 e. The molecule has 118 valence electrons. The average Bonchev–Trinajstić information content (AvgIpc) is 2.47. The van der Waals surface area contributed by atoms with Gasteiger partial charge in [0.2, 0.25) is 0 Å². The molecule has 0 aliphatic rings. The Morgan fingerprint density at radius 1 is 1.18 bits per heavy atom. The number of aromatic nitrogens is 1. The average molecular weight is 320 g/mol. The Labute approximate surface area is 134 Å². The molecule has 0 saturated carbocycles. The van der Waals surface area contributed by atoms with Gasteiger partial charge < -0.3 is 4.55 Å². The summed E-state index contributed by atoms with van der Waals surface area (Å²) >= 11 is -1.14. The molecule has 0 spiro atoms. The zero-order valence-corrected chi connectivity index (χ0v) is 14.1. The van der Waals surface area contributed by atoms with Crippen molar-refractivity contribution in [2.75, 3.05) is 0 Å². The lowest BCUT2D eigenvalue weighted by atomic mass is 10.1. The third-order valence-electron chi connectivity index (χ3n) is 3.26. The molecule has 5 heteroatoms. The molecule has 0 radical (unpaired) electrons. The lowest BCUT2D eigenvalue weighted by Gasteiger charge is -2.26. The summed E-state index contributed by atoms with van der Waals surface area (Å²) < 4.78 is 28.0. The first-order valence-corrected chi connectivity index (χ1v) is 8.32. The van der Waals surface area contributed by atoms with Crippen LogP contribution in [0.5, 0.6) is 0 Å². The predicted molar refractivity (Wildman–Crippen MR) is 89.1 cm³/mol. The number of nitrogens with one attached hydrogen (secondary N) is 1. The van der Waals surface area contributed by atoms with Gasteiger partial charge in [-0.2, -0.15) is 0 Å². The van der Waals surface area contributed by atoms with E-state index in [2.05, 4.69) is 9.71 Å². The summed E-state index contributed by atoms with van der Waals surface area (Å²) in [7, 11) is 0. The molecule has 1 unspecified atom stereocenters. The minimum atomic E-state index is -1.14. The molecular weight excluding hydrogens is 299 g/mol. The summed E-state index contributed by atoms with van der Waals surface area (Å²) in [5.74, 6) is -0.268. The standard InChI is InChI=1S/C17H21FN2OS/c1-12(20-22(21)17(2,3)4)14-9-10-19-16(11-14)13-5-7-15(18)8-6-13/h5-12,20H,1-4H3/t12-,22?/m1/s1. The van der Waals surface area contributed by atoms with Crippen LogP contribution in [0, 0.1) is 5.82 Å². The van der Waals surface area contributed by atoms with Gasteiger partial charge in [-0.25, -0.2) is 4.39 Å². The van der Waals surface area contributed by atoms with Gasteiger partial charge in [0, 0.05) is 23.1 Å². The van der Waals surface area contributed by atoms with Gasteiger partial charge in [-0.15, -0.1) is 4.72 Å². The largest absolute Gasteiger partial charge is 0.598 e. The number of hydrogen-bond donors (Lipinski definition) is 1. The van der Waals surface area contributed by atoms with Gasteiger partial charge in [-0.3, -0.25) is 4.98 Å². The molecule has 0 aliphatic heterocycles. The molecular formula is C17H21FN2OS.